The van der Waals surface area contributed by atoms with Gasteiger partial charge < -0.3 is 25.8 Å². The Morgan fingerprint density at radius 1 is 1.47 bits per heavy atom. The number of benzene rings is 1. The number of carbonyl (C=O) groups is 1. The Morgan fingerprint density at radius 2 is 2.22 bits per heavy atom. The van der Waals surface area contributed by atoms with Crippen molar-refractivity contribution in [3.63, 3.8) is 0 Å². The maximum Gasteiger partial charge on any atom is 0.344 e. The molecule has 170 valence electrons. The molecule has 0 bridgehead atoms. The summed E-state index contributed by atoms with van der Waals surface area (Å²) in [4.78, 5) is 18.1. The first-order valence-corrected chi connectivity index (χ1v) is 11.0. The molecule has 1 aromatic carbocycles. The van der Waals surface area contributed by atoms with Gasteiger partial charge in [0.2, 0.25) is 0 Å². The Bertz CT molecular complexity index is 1050. The highest BCUT2D eigenvalue weighted by Gasteiger charge is 2.26. The van der Waals surface area contributed by atoms with Crippen LogP contribution >= 0.6 is 11.8 Å². The molecule has 1 aliphatic rings. The lowest BCUT2D eigenvalue weighted by molar-refractivity contribution is -0.144. The summed E-state index contributed by atoms with van der Waals surface area (Å²) in [5.74, 6) is -0.554. The van der Waals surface area contributed by atoms with Crippen LogP contribution < -0.4 is 20.7 Å². The SMILES string of the molecule is CSc1ccc(OC(C)C(=O)O)cc1Nc1nc(N2CC[C@@H](N)C2)cc(C(F)F)c1C#N. The van der Waals surface area contributed by atoms with Crippen LogP contribution in [0.5, 0.6) is 5.75 Å². The van der Waals surface area contributed by atoms with Gasteiger partial charge in [-0.05, 0) is 37.8 Å². The Morgan fingerprint density at radius 3 is 2.78 bits per heavy atom. The smallest absolute Gasteiger partial charge is 0.344 e. The third-order valence-corrected chi connectivity index (χ3v) is 5.81. The number of nitrogens with zero attached hydrogens (tertiary/aromatic N) is 3. The van der Waals surface area contributed by atoms with Gasteiger partial charge in [0.05, 0.1) is 5.69 Å². The normalized spacial score (nSPS) is 16.7. The predicted octanol–water partition coefficient (Wildman–Crippen LogP) is 3.75. The lowest BCUT2D eigenvalue weighted by Crippen LogP contribution is -2.27. The fraction of sp³-hybridized carbons (Fsp3) is 0.381. The molecule has 1 aromatic heterocycles. The van der Waals surface area contributed by atoms with Crippen molar-refractivity contribution < 1.29 is 23.4 Å². The molecule has 1 aliphatic heterocycles. The number of pyridine rings is 1. The van der Waals surface area contributed by atoms with Gasteiger partial charge >= 0.3 is 5.97 Å². The van der Waals surface area contributed by atoms with E-state index >= 15 is 0 Å². The Hall–Kier alpha value is -3.10. The zero-order valence-corrected chi connectivity index (χ0v) is 18.3. The predicted molar refractivity (Wildman–Crippen MR) is 118 cm³/mol. The summed E-state index contributed by atoms with van der Waals surface area (Å²) in [7, 11) is 0. The van der Waals surface area contributed by atoms with Crippen molar-refractivity contribution in [2.24, 2.45) is 5.73 Å². The number of nitriles is 1. The highest BCUT2D eigenvalue weighted by atomic mass is 32.2. The maximum atomic E-state index is 13.8. The van der Waals surface area contributed by atoms with E-state index in [2.05, 4.69) is 10.3 Å². The van der Waals surface area contributed by atoms with E-state index in [1.807, 2.05) is 17.2 Å². The highest BCUT2D eigenvalue weighted by molar-refractivity contribution is 7.98. The van der Waals surface area contributed by atoms with Crippen LogP contribution in [0.25, 0.3) is 0 Å². The first-order chi connectivity index (χ1) is 15.2. The van der Waals surface area contributed by atoms with E-state index in [1.165, 1.54) is 24.8 Å². The average molecular weight is 464 g/mol. The first-order valence-electron chi connectivity index (χ1n) is 9.81. The number of hydrogen-bond acceptors (Lipinski definition) is 8. The van der Waals surface area contributed by atoms with Crippen LogP contribution in [0.3, 0.4) is 0 Å². The number of aliphatic carboxylic acids is 1. The molecular formula is C21H23F2N5O3S. The summed E-state index contributed by atoms with van der Waals surface area (Å²) in [6.07, 6.45) is -1.41. The average Bonchev–Trinajstić information content (AvgIpc) is 3.19. The lowest BCUT2D eigenvalue weighted by Gasteiger charge is -2.21. The van der Waals surface area contributed by atoms with E-state index in [4.69, 9.17) is 15.6 Å². The zero-order valence-electron chi connectivity index (χ0n) is 17.5. The second-order valence-corrected chi connectivity index (χ2v) is 8.13. The fourth-order valence-corrected chi connectivity index (χ4v) is 3.86. The quantitative estimate of drug-likeness (QED) is 0.502. The van der Waals surface area contributed by atoms with Crippen LogP contribution in [0.15, 0.2) is 29.2 Å². The van der Waals surface area contributed by atoms with Gasteiger partial charge in [-0.25, -0.2) is 18.6 Å². The molecule has 1 fully saturated rings. The summed E-state index contributed by atoms with van der Waals surface area (Å²) < 4.78 is 33.0. The molecule has 11 heteroatoms. The molecule has 2 aromatic rings. The van der Waals surface area contributed by atoms with Gasteiger partial charge in [0, 0.05) is 35.7 Å². The number of alkyl halides is 2. The van der Waals surface area contributed by atoms with E-state index in [1.54, 1.807) is 18.2 Å². The standard InChI is InChI=1S/C21H23F2N5O3S/c1-11(21(29)30)31-13-3-4-17(32-2)16(7-13)26-20-15(9-24)14(19(22)23)8-18(27-20)28-6-5-12(25)10-28/h3-4,7-8,11-12,19H,5-6,10,25H2,1-2H3,(H,26,27)(H,29,30)/t11?,12-/m1/s1. The van der Waals surface area contributed by atoms with E-state index in [-0.39, 0.29) is 23.2 Å². The zero-order chi connectivity index (χ0) is 23.4. The summed E-state index contributed by atoms with van der Waals surface area (Å²) >= 11 is 1.38. The van der Waals surface area contributed by atoms with Crippen molar-refractivity contribution in [3.8, 4) is 11.8 Å². The number of aromatic nitrogens is 1. The Labute approximate surface area is 188 Å². The molecule has 2 heterocycles. The van der Waals surface area contributed by atoms with Gasteiger partial charge in [-0.1, -0.05) is 0 Å². The minimum absolute atomic E-state index is 0.0143. The molecule has 0 saturated carbocycles. The number of nitrogens with one attached hydrogen (secondary N) is 1. The second-order valence-electron chi connectivity index (χ2n) is 7.29. The van der Waals surface area contributed by atoms with Gasteiger partial charge in [-0.3, -0.25) is 0 Å². The van der Waals surface area contributed by atoms with E-state index in [0.29, 0.717) is 31.0 Å². The number of ether oxygens (including phenoxy) is 1. The molecule has 2 atom stereocenters. The number of thioether (sulfide) groups is 1. The second kappa shape index (κ2) is 10.0. The molecule has 32 heavy (non-hydrogen) atoms. The number of nitrogens with two attached hydrogens (primary N) is 1. The van der Waals surface area contributed by atoms with E-state index in [0.717, 1.165) is 4.90 Å². The molecule has 0 aliphatic carbocycles. The molecule has 8 nitrogen and oxygen atoms in total. The number of halogens is 2. The molecule has 1 unspecified atom stereocenters. The Kier molecular flexibility index (Phi) is 7.37. The molecule has 0 amide bonds. The summed E-state index contributed by atoms with van der Waals surface area (Å²) in [6, 6.07) is 7.85. The highest BCUT2D eigenvalue weighted by Crippen LogP contribution is 2.36. The van der Waals surface area contributed by atoms with Crippen LogP contribution in [0.1, 0.15) is 30.9 Å². The Balaban J connectivity index is 2.04. The molecule has 4 N–H and O–H groups in total. The number of anilines is 3. The molecular weight excluding hydrogens is 440 g/mol. The van der Waals surface area contributed by atoms with E-state index in [9.17, 15) is 18.8 Å². The number of hydrogen-bond donors (Lipinski definition) is 3. The maximum absolute atomic E-state index is 13.8. The summed E-state index contributed by atoms with van der Waals surface area (Å²) in [5.41, 5.74) is 5.72. The van der Waals surface area contributed by atoms with Gasteiger partial charge in [0.15, 0.2) is 11.9 Å². The van der Waals surface area contributed by atoms with Crippen LogP contribution in [0.4, 0.5) is 26.1 Å². The van der Waals surface area contributed by atoms with Crippen LogP contribution in [0, 0.1) is 11.3 Å². The van der Waals surface area contributed by atoms with Gasteiger partial charge in [-0.15, -0.1) is 11.8 Å². The largest absolute Gasteiger partial charge is 0.479 e. The number of carboxylic acids is 1. The van der Waals surface area contributed by atoms with Crippen molar-refractivity contribution in [2.75, 3.05) is 29.6 Å². The minimum atomic E-state index is -2.87. The van der Waals surface area contributed by atoms with Crippen molar-refractivity contribution in [2.45, 2.75) is 36.8 Å². The number of carboxylic acid groups (broad SMARTS) is 1. The van der Waals surface area contributed by atoms with Gasteiger partial charge in [-0.2, -0.15) is 5.26 Å². The number of rotatable bonds is 8. The molecule has 0 spiro atoms. The van der Waals surface area contributed by atoms with Crippen molar-refractivity contribution >= 4 is 35.1 Å². The molecule has 3 rings (SSSR count). The van der Waals surface area contributed by atoms with Gasteiger partial charge in [0.25, 0.3) is 6.43 Å². The topological polar surface area (TPSA) is 124 Å². The summed E-state index contributed by atoms with van der Waals surface area (Å²) in [5, 5.41) is 21.7. The van der Waals surface area contributed by atoms with Crippen molar-refractivity contribution in [3.05, 3.63) is 35.4 Å². The van der Waals surface area contributed by atoms with Crippen LogP contribution in [-0.4, -0.2) is 47.6 Å². The van der Waals surface area contributed by atoms with Crippen LogP contribution in [-0.2, 0) is 4.79 Å². The molecule has 1 saturated heterocycles. The fourth-order valence-electron chi connectivity index (χ4n) is 3.33. The van der Waals surface area contributed by atoms with Crippen molar-refractivity contribution in [1.29, 1.82) is 5.26 Å². The molecule has 0 radical (unpaired) electrons. The third kappa shape index (κ3) is 5.20. The third-order valence-electron chi connectivity index (χ3n) is 5.02. The minimum Gasteiger partial charge on any atom is -0.479 e. The summed E-state index contributed by atoms with van der Waals surface area (Å²) in [6.45, 7) is 2.45. The first kappa shape index (κ1) is 23.6. The monoisotopic (exact) mass is 463 g/mol. The van der Waals surface area contributed by atoms with Gasteiger partial charge in [0.1, 0.15) is 23.2 Å². The van der Waals surface area contributed by atoms with E-state index < -0.39 is 24.1 Å². The van der Waals surface area contributed by atoms with Crippen LogP contribution in [0.2, 0.25) is 0 Å². The lowest BCUT2D eigenvalue weighted by atomic mass is 10.1. The van der Waals surface area contributed by atoms with Crippen molar-refractivity contribution in [1.82, 2.24) is 4.98 Å².